The lowest BCUT2D eigenvalue weighted by atomic mass is 10.0. The Morgan fingerprint density at radius 1 is 1.41 bits per heavy atom. The minimum absolute atomic E-state index is 0.00706. The minimum Gasteiger partial charge on any atom is -0.464 e. The summed E-state index contributed by atoms with van der Waals surface area (Å²) in [4.78, 5) is 29.4. The Hall–Kier alpha value is -3.40. The largest absolute Gasteiger partial charge is 0.464 e. The first kappa shape index (κ1) is 18.4. The van der Waals surface area contributed by atoms with Crippen molar-refractivity contribution in [3.63, 3.8) is 0 Å². The van der Waals surface area contributed by atoms with Gasteiger partial charge in [-0.1, -0.05) is 24.0 Å². The summed E-state index contributed by atoms with van der Waals surface area (Å²) in [5, 5.41) is 0. The predicted molar refractivity (Wildman–Crippen MR) is 98.0 cm³/mol. The fourth-order valence-corrected chi connectivity index (χ4v) is 2.84. The van der Waals surface area contributed by atoms with E-state index in [0.717, 1.165) is 6.07 Å². The van der Waals surface area contributed by atoms with Crippen molar-refractivity contribution in [2.45, 2.75) is 6.42 Å². The topological polar surface area (TPSA) is 85.5 Å². The predicted octanol–water partition coefficient (Wildman–Crippen LogP) is 2.09. The van der Waals surface area contributed by atoms with E-state index in [1.54, 1.807) is 36.2 Å². The lowest BCUT2D eigenvalue weighted by Gasteiger charge is -2.08. The van der Waals surface area contributed by atoms with Crippen molar-refractivity contribution in [3.05, 3.63) is 47.4 Å². The summed E-state index contributed by atoms with van der Waals surface area (Å²) in [6.07, 6.45) is 0.693. The molecule has 0 saturated carbocycles. The van der Waals surface area contributed by atoms with Gasteiger partial charge in [-0.2, -0.15) is 0 Å². The van der Waals surface area contributed by atoms with Gasteiger partial charge in [-0.05, 0) is 18.6 Å². The third-order valence-electron chi connectivity index (χ3n) is 4.34. The van der Waals surface area contributed by atoms with E-state index < -0.39 is 11.8 Å². The fourth-order valence-electron chi connectivity index (χ4n) is 2.84. The molecule has 1 amide bonds. The van der Waals surface area contributed by atoms with Crippen LogP contribution in [0.1, 0.15) is 22.5 Å². The Bertz CT molecular complexity index is 978. The maximum atomic E-state index is 14.4. The average molecular weight is 367 g/mol. The van der Waals surface area contributed by atoms with Crippen LogP contribution in [0.2, 0.25) is 0 Å². The van der Waals surface area contributed by atoms with Crippen molar-refractivity contribution in [2.75, 3.05) is 26.4 Å². The second-order valence-electron chi connectivity index (χ2n) is 6.20. The molecule has 138 valence electrons. The van der Waals surface area contributed by atoms with Crippen LogP contribution in [0.15, 0.2) is 30.3 Å². The molecule has 7 heteroatoms. The van der Waals surface area contributed by atoms with Crippen LogP contribution in [0, 0.1) is 23.6 Å². The number of aromatic nitrogens is 1. The molecule has 1 aliphatic heterocycles. The molecule has 0 bridgehead atoms. The number of nitrogens with two attached hydrogens (primary N) is 1. The lowest BCUT2D eigenvalue weighted by Crippen LogP contribution is -2.21. The summed E-state index contributed by atoms with van der Waals surface area (Å²) >= 11 is 0. The number of halogens is 1. The Morgan fingerprint density at radius 3 is 2.85 bits per heavy atom. The number of nitrogen functional groups attached to an aromatic ring is 1. The average Bonchev–Trinajstić information content (AvgIpc) is 2.98. The minimum atomic E-state index is -0.742. The summed E-state index contributed by atoms with van der Waals surface area (Å²) in [7, 11) is 2.95. The molecule has 1 aromatic heterocycles. The second kappa shape index (κ2) is 7.46. The smallest absolute Gasteiger partial charge is 0.358 e. The van der Waals surface area contributed by atoms with Crippen molar-refractivity contribution in [3.8, 4) is 23.1 Å². The number of rotatable bonds is 2. The number of amides is 1. The van der Waals surface area contributed by atoms with Crippen molar-refractivity contribution in [1.82, 2.24) is 9.88 Å². The van der Waals surface area contributed by atoms with Gasteiger partial charge in [-0.15, -0.1) is 0 Å². The highest BCUT2D eigenvalue weighted by atomic mass is 19.1. The summed E-state index contributed by atoms with van der Waals surface area (Å²) in [6, 6.07) is 7.81. The lowest BCUT2D eigenvalue weighted by molar-refractivity contribution is -0.128. The first-order valence-electron chi connectivity index (χ1n) is 8.32. The zero-order valence-corrected chi connectivity index (χ0v) is 15.0. The molecule has 1 atom stereocenters. The fraction of sp³-hybridized carbons (Fsp3) is 0.250. The van der Waals surface area contributed by atoms with Crippen LogP contribution < -0.4 is 5.73 Å². The molecule has 0 aliphatic carbocycles. The van der Waals surface area contributed by atoms with Crippen LogP contribution in [0.4, 0.5) is 10.1 Å². The van der Waals surface area contributed by atoms with Gasteiger partial charge in [0.25, 0.3) is 0 Å². The third kappa shape index (κ3) is 3.75. The van der Waals surface area contributed by atoms with Crippen molar-refractivity contribution in [1.29, 1.82) is 0 Å². The molecule has 27 heavy (non-hydrogen) atoms. The normalized spacial score (nSPS) is 16.0. The van der Waals surface area contributed by atoms with E-state index in [9.17, 15) is 14.0 Å². The third-order valence-corrected chi connectivity index (χ3v) is 4.34. The van der Waals surface area contributed by atoms with E-state index in [-0.39, 0.29) is 28.9 Å². The maximum Gasteiger partial charge on any atom is 0.358 e. The van der Waals surface area contributed by atoms with Gasteiger partial charge >= 0.3 is 5.97 Å². The van der Waals surface area contributed by atoms with Crippen molar-refractivity contribution in [2.24, 2.45) is 5.92 Å². The highest BCUT2D eigenvalue weighted by molar-refractivity contribution is 5.93. The number of carbonyl (C=O) groups is 2. The van der Waals surface area contributed by atoms with Crippen LogP contribution in [-0.2, 0) is 9.53 Å². The molecule has 2 aromatic rings. The molecule has 1 unspecified atom stereocenters. The number of pyridine rings is 1. The molecule has 0 radical (unpaired) electrons. The number of hydrogen-bond donors (Lipinski definition) is 1. The van der Waals surface area contributed by atoms with Gasteiger partial charge < -0.3 is 15.4 Å². The SMILES string of the molecule is COC(=O)c1nc(-c2cccc(C#CC3CCN(C)C3=O)c2)c(F)cc1N. The van der Waals surface area contributed by atoms with Crippen LogP contribution in [0.3, 0.4) is 0 Å². The summed E-state index contributed by atoms with van der Waals surface area (Å²) in [6.45, 7) is 0.690. The zero-order chi connectivity index (χ0) is 19.6. The molecule has 1 aliphatic rings. The number of esters is 1. The van der Waals surface area contributed by atoms with Gasteiger partial charge in [-0.25, -0.2) is 14.2 Å². The highest BCUT2D eigenvalue weighted by Crippen LogP contribution is 2.25. The first-order valence-corrected chi connectivity index (χ1v) is 8.32. The van der Waals surface area contributed by atoms with Crippen LogP contribution >= 0.6 is 0 Å². The molecule has 1 aromatic carbocycles. The molecule has 1 saturated heterocycles. The molecular weight excluding hydrogens is 349 g/mol. The first-order chi connectivity index (χ1) is 12.9. The second-order valence-corrected chi connectivity index (χ2v) is 6.20. The quantitative estimate of drug-likeness (QED) is 0.649. The number of benzene rings is 1. The zero-order valence-electron chi connectivity index (χ0n) is 15.0. The summed E-state index contributed by atoms with van der Waals surface area (Å²) in [5.74, 6) is 4.22. The standard InChI is InChI=1S/C20H18FN3O3/c1-24-9-8-13(19(24)25)7-6-12-4-3-5-14(10-12)17-15(21)11-16(22)18(23-17)20(26)27-2/h3-5,10-11,13H,8-9,22H2,1-2H3. The van der Waals surface area contributed by atoms with Gasteiger partial charge in [0.1, 0.15) is 11.6 Å². The van der Waals surface area contributed by atoms with Crippen molar-refractivity contribution >= 4 is 17.6 Å². The van der Waals surface area contributed by atoms with Crippen molar-refractivity contribution < 1.29 is 18.7 Å². The van der Waals surface area contributed by atoms with E-state index in [0.29, 0.717) is 24.1 Å². The number of likely N-dealkylation sites (tertiary alicyclic amines) is 1. The molecule has 6 nitrogen and oxygen atoms in total. The maximum absolute atomic E-state index is 14.4. The Kier molecular flexibility index (Phi) is 5.08. The van der Waals surface area contributed by atoms with E-state index in [2.05, 4.69) is 21.6 Å². The van der Waals surface area contributed by atoms with Crippen LogP contribution in [0.5, 0.6) is 0 Å². The molecule has 2 heterocycles. The Morgan fingerprint density at radius 2 is 2.19 bits per heavy atom. The Balaban J connectivity index is 1.95. The van der Waals surface area contributed by atoms with E-state index in [1.165, 1.54) is 7.11 Å². The van der Waals surface area contributed by atoms with Crippen LogP contribution in [-0.4, -0.2) is 42.5 Å². The molecule has 2 N–H and O–H groups in total. The number of carbonyl (C=O) groups excluding carboxylic acids is 2. The van der Waals surface area contributed by atoms with Gasteiger partial charge in [0.15, 0.2) is 11.5 Å². The van der Waals surface area contributed by atoms with Gasteiger partial charge in [0.05, 0.1) is 12.8 Å². The molecule has 1 fully saturated rings. The molecule has 0 spiro atoms. The number of ether oxygens (including phenoxy) is 1. The number of nitrogens with zero attached hydrogens (tertiary/aromatic N) is 2. The summed E-state index contributed by atoms with van der Waals surface area (Å²) < 4.78 is 19.0. The van der Waals surface area contributed by atoms with E-state index >= 15 is 0 Å². The number of methoxy groups -OCH3 is 1. The van der Waals surface area contributed by atoms with E-state index in [1.807, 2.05) is 0 Å². The van der Waals surface area contributed by atoms with E-state index in [4.69, 9.17) is 5.73 Å². The molecule has 3 rings (SSSR count). The van der Waals surface area contributed by atoms with Crippen LogP contribution in [0.25, 0.3) is 11.3 Å². The van der Waals surface area contributed by atoms with Gasteiger partial charge in [0.2, 0.25) is 5.91 Å². The monoisotopic (exact) mass is 367 g/mol. The Labute approximate surface area is 156 Å². The highest BCUT2D eigenvalue weighted by Gasteiger charge is 2.27. The number of anilines is 1. The molecular formula is C20H18FN3O3. The summed E-state index contributed by atoms with van der Waals surface area (Å²) in [5.41, 5.74) is 6.45. The van der Waals surface area contributed by atoms with Gasteiger partial charge in [-0.3, -0.25) is 4.79 Å². The van der Waals surface area contributed by atoms with Gasteiger partial charge in [0, 0.05) is 30.8 Å². The number of hydrogen-bond acceptors (Lipinski definition) is 5.